The molecule has 0 radical (unpaired) electrons. The Kier molecular flexibility index (Phi) is 7.97. The molecule has 0 atom stereocenters. The molecule has 4 aromatic rings. The van der Waals surface area contributed by atoms with Crippen molar-refractivity contribution in [1.29, 1.82) is 0 Å². The van der Waals surface area contributed by atoms with Crippen LogP contribution in [0.15, 0.2) is 60.0 Å². The van der Waals surface area contributed by atoms with Crippen LogP contribution >= 0.6 is 11.3 Å². The Morgan fingerprint density at radius 3 is 2.51 bits per heavy atom. The summed E-state index contributed by atoms with van der Waals surface area (Å²) in [6, 6.07) is 16.5. The van der Waals surface area contributed by atoms with E-state index in [0.717, 1.165) is 40.1 Å². The van der Waals surface area contributed by atoms with Crippen LogP contribution in [0.2, 0.25) is 0 Å². The second kappa shape index (κ2) is 11.7. The molecule has 0 saturated carbocycles. The number of para-hydroxylation sites is 1. The minimum absolute atomic E-state index is 0.00520. The Bertz CT molecular complexity index is 1510. The molecule has 1 fully saturated rings. The van der Waals surface area contributed by atoms with Crippen LogP contribution < -0.4 is 10.1 Å². The Hall–Kier alpha value is -4.11. The first-order valence-corrected chi connectivity index (χ1v) is 13.9. The molecule has 1 saturated heterocycles. The van der Waals surface area contributed by atoms with Gasteiger partial charge in [0.25, 0.3) is 5.91 Å². The highest BCUT2D eigenvalue weighted by Crippen LogP contribution is 2.31. The van der Waals surface area contributed by atoms with Crippen LogP contribution in [0.1, 0.15) is 63.1 Å². The van der Waals surface area contributed by atoms with E-state index in [-0.39, 0.29) is 36.4 Å². The number of amides is 2. The Morgan fingerprint density at radius 1 is 1.03 bits per heavy atom. The Balaban J connectivity index is 1.13. The van der Waals surface area contributed by atoms with Gasteiger partial charge in [0, 0.05) is 53.9 Å². The van der Waals surface area contributed by atoms with Crippen LogP contribution in [0, 0.1) is 6.92 Å². The summed E-state index contributed by atoms with van der Waals surface area (Å²) in [5.74, 6) is 0.586. The molecule has 1 N–H and O–H groups in total. The van der Waals surface area contributed by atoms with Gasteiger partial charge in [-0.15, -0.1) is 11.3 Å². The van der Waals surface area contributed by atoms with Crippen molar-refractivity contribution in [3.63, 3.8) is 0 Å². The molecule has 8 nitrogen and oxygen atoms in total. The number of hydrogen-bond acceptors (Lipinski definition) is 7. The van der Waals surface area contributed by atoms with Crippen molar-refractivity contribution >= 4 is 45.5 Å². The number of carbonyl (C=O) groups excluding carboxylic acids is 3. The number of anilines is 1. The van der Waals surface area contributed by atoms with Crippen LogP contribution in [-0.2, 0) is 4.79 Å². The third-order valence-electron chi connectivity index (χ3n) is 7.02. The molecule has 0 spiro atoms. The van der Waals surface area contributed by atoms with E-state index < -0.39 is 0 Å². The molecule has 3 heterocycles. The third kappa shape index (κ3) is 6.15. The van der Waals surface area contributed by atoms with E-state index in [9.17, 15) is 14.4 Å². The van der Waals surface area contributed by atoms with Gasteiger partial charge in [0.05, 0.1) is 23.3 Å². The number of methoxy groups -OCH3 is 1. The average molecular weight is 543 g/mol. The molecule has 2 amide bonds. The smallest absolute Gasteiger partial charge is 0.275 e. The summed E-state index contributed by atoms with van der Waals surface area (Å²) in [5.41, 5.74) is 3.35. The van der Waals surface area contributed by atoms with Gasteiger partial charge in [0.15, 0.2) is 5.78 Å². The summed E-state index contributed by atoms with van der Waals surface area (Å²) in [5, 5.41) is 6.59. The predicted molar refractivity (Wildman–Crippen MR) is 152 cm³/mol. The maximum atomic E-state index is 13.0. The third-order valence-corrected chi connectivity index (χ3v) is 8.03. The zero-order valence-electron chi connectivity index (χ0n) is 22.0. The normalized spacial score (nSPS) is 13.8. The van der Waals surface area contributed by atoms with E-state index >= 15 is 0 Å². The van der Waals surface area contributed by atoms with Gasteiger partial charge < -0.3 is 15.0 Å². The van der Waals surface area contributed by atoms with Crippen molar-refractivity contribution in [2.24, 2.45) is 0 Å². The number of nitrogens with one attached hydrogen (secondary N) is 1. The topological polar surface area (TPSA) is 101 Å². The van der Waals surface area contributed by atoms with Gasteiger partial charge in [-0.2, -0.15) is 0 Å². The van der Waals surface area contributed by atoms with Gasteiger partial charge in [-0.1, -0.05) is 18.2 Å². The molecular formula is C30H30N4O4S. The second-order valence-corrected chi connectivity index (χ2v) is 10.5. The summed E-state index contributed by atoms with van der Waals surface area (Å²) in [6.07, 6.45) is 1.93. The van der Waals surface area contributed by atoms with E-state index in [1.807, 2.05) is 42.2 Å². The molecule has 5 rings (SSSR count). The summed E-state index contributed by atoms with van der Waals surface area (Å²) < 4.78 is 5.12. The van der Waals surface area contributed by atoms with Gasteiger partial charge in [0.1, 0.15) is 11.4 Å². The molecule has 39 heavy (non-hydrogen) atoms. The van der Waals surface area contributed by atoms with Crippen LogP contribution in [0.3, 0.4) is 0 Å². The van der Waals surface area contributed by atoms with Gasteiger partial charge >= 0.3 is 0 Å². The standard InChI is InChI=1S/C30H30N4O4S/c1-19-17-25(23-5-3-4-6-24(23)31-19)32-29(37)26-18-39-30(33-26)21-13-15-34(16-14-21)28(36)12-11-27(35)20-7-9-22(38-2)10-8-20/h3-10,17-18,21H,11-16H2,1-2H3,(H,31,32,37). The Morgan fingerprint density at radius 2 is 1.77 bits per heavy atom. The minimum Gasteiger partial charge on any atom is -0.497 e. The number of carbonyl (C=O) groups is 3. The molecule has 2 aromatic carbocycles. The first-order chi connectivity index (χ1) is 18.9. The highest BCUT2D eigenvalue weighted by atomic mass is 32.1. The van der Waals surface area contributed by atoms with Gasteiger partial charge in [-0.3, -0.25) is 19.4 Å². The lowest BCUT2D eigenvalue weighted by Crippen LogP contribution is -2.38. The number of thiazole rings is 1. The minimum atomic E-state index is -0.248. The lowest BCUT2D eigenvalue weighted by molar-refractivity contribution is -0.132. The maximum Gasteiger partial charge on any atom is 0.275 e. The number of aryl methyl sites for hydroxylation is 1. The van der Waals surface area contributed by atoms with Crippen molar-refractivity contribution in [3.8, 4) is 5.75 Å². The molecular weight excluding hydrogens is 512 g/mol. The van der Waals surface area contributed by atoms with Crippen LogP contribution in [0.4, 0.5) is 5.69 Å². The van der Waals surface area contributed by atoms with Crippen LogP contribution in [0.25, 0.3) is 10.9 Å². The largest absolute Gasteiger partial charge is 0.497 e. The van der Waals surface area contributed by atoms with Crippen molar-refractivity contribution < 1.29 is 19.1 Å². The first-order valence-electron chi connectivity index (χ1n) is 13.0. The fourth-order valence-electron chi connectivity index (χ4n) is 4.85. The fourth-order valence-corrected chi connectivity index (χ4v) is 5.82. The van der Waals surface area contributed by atoms with Crippen LogP contribution in [0.5, 0.6) is 5.75 Å². The number of ketones is 1. The van der Waals surface area contributed by atoms with Gasteiger partial charge in [0.2, 0.25) is 5.91 Å². The number of benzene rings is 2. The number of hydrogen-bond donors (Lipinski definition) is 1. The fraction of sp³-hybridized carbons (Fsp3) is 0.300. The monoisotopic (exact) mass is 542 g/mol. The van der Waals surface area contributed by atoms with Crippen molar-refractivity contribution in [2.75, 3.05) is 25.5 Å². The molecule has 1 aliphatic rings. The number of ether oxygens (including phenoxy) is 1. The predicted octanol–water partition coefficient (Wildman–Crippen LogP) is 5.63. The molecule has 0 bridgehead atoms. The number of fused-ring (bicyclic) bond motifs is 1. The Labute approximate surface area is 231 Å². The van der Waals surface area contributed by atoms with Crippen molar-refractivity contribution in [3.05, 3.63) is 81.9 Å². The highest BCUT2D eigenvalue weighted by Gasteiger charge is 2.27. The second-order valence-electron chi connectivity index (χ2n) is 9.66. The number of likely N-dealkylation sites (tertiary alicyclic amines) is 1. The summed E-state index contributed by atoms with van der Waals surface area (Å²) >= 11 is 1.48. The summed E-state index contributed by atoms with van der Waals surface area (Å²) in [7, 11) is 1.58. The zero-order valence-corrected chi connectivity index (χ0v) is 22.8. The maximum absolute atomic E-state index is 13.0. The molecule has 1 aliphatic heterocycles. The van der Waals surface area contributed by atoms with Crippen LogP contribution in [-0.4, -0.2) is 52.7 Å². The summed E-state index contributed by atoms with van der Waals surface area (Å²) in [6.45, 7) is 3.13. The lowest BCUT2D eigenvalue weighted by atomic mass is 9.97. The summed E-state index contributed by atoms with van der Waals surface area (Å²) in [4.78, 5) is 49.2. The number of Topliss-reactive ketones (excluding diaryl/α,β-unsaturated/α-hetero) is 1. The van der Waals surface area contributed by atoms with E-state index in [0.29, 0.717) is 30.1 Å². The molecule has 0 aliphatic carbocycles. The molecule has 200 valence electrons. The van der Waals surface area contributed by atoms with E-state index in [4.69, 9.17) is 4.74 Å². The first kappa shape index (κ1) is 26.5. The quantitative estimate of drug-likeness (QED) is 0.290. The van der Waals surface area contributed by atoms with Crippen molar-refractivity contribution in [1.82, 2.24) is 14.9 Å². The van der Waals surface area contributed by atoms with Gasteiger partial charge in [-0.25, -0.2) is 4.98 Å². The van der Waals surface area contributed by atoms with Gasteiger partial charge in [-0.05, 0) is 56.2 Å². The molecule has 9 heteroatoms. The highest BCUT2D eigenvalue weighted by molar-refractivity contribution is 7.10. The average Bonchev–Trinajstić information content (AvgIpc) is 3.46. The number of pyridine rings is 1. The molecule has 0 unspecified atom stereocenters. The number of piperidine rings is 1. The van der Waals surface area contributed by atoms with E-state index in [1.165, 1.54) is 11.3 Å². The number of nitrogens with zero attached hydrogens (tertiary/aromatic N) is 3. The zero-order chi connectivity index (χ0) is 27.4. The van der Waals surface area contributed by atoms with E-state index in [2.05, 4.69) is 15.3 Å². The SMILES string of the molecule is COc1ccc(C(=O)CCC(=O)N2CCC(c3nc(C(=O)Nc4cc(C)nc5ccccc45)cs3)CC2)cc1. The molecule has 2 aromatic heterocycles. The number of aromatic nitrogens is 2. The van der Waals surface area contributed by atoms with E-state index in [1.54, 1.807) is 36.8 Å². The lowest BCUT2D eigenvalue weighted by Gasteiger charge is -2.31. The number of rotatable bonds is 8. The van der Waals surface area contributed by atoms with Crippen molar-refractivity contribution in [2.45, 2.75) is 38.5 Å².